The number of carbonyl (C=O) groups excluding carboxylic acids is 2. The van der Waals surface area contributed by atoms with E-state index in [9.17, 15) is 9.59 Å². The summed E-state index contributed by atoms with van der Waals surface area (Å²) >= 11 is 0. The fraction of sp³-hybridized carbons (Fsp3) is 0.375. The van der Waals surface area contributed by atoms with E-state index in [2.05, 4.69) is 5.32 Å². The average molecular weight is 289 g/mol. The van der Waals surface area contributed by atoms with Crippen molar-refractivity contribution in [2.45, 2.75) is 32.7 Å². The van der Waals surface area contributed by atoms with Gasteiger partial charge < -0.3 is 14.5 Å². The van der Waals surface area contributed by atoms with Crippen LogP contribution in [-0.2, 0) is 14.3 Å². The molecule has 1 amide bonds. The molecular formula is C16H19NO4. The van der Waals surface area contributed by atoms with Gasteiger partial charge in [-0.1, -0.05) is 25.1 Å². The quantitative estimate of drug-likeness (QED) is 0.830. The van der Waals surface area contributed by atoms with Crippen LogP contribution >= 0.6 is 0 Å². The standard InChI is InChI=1S/C16H19NO4/c1-3-6-16(19)20-10-15(18)17-11(2)14-9-12-7-4-5-8-13(12)21-14/h4-5,7-9,11H,3,6,10H2,1-2H3,(H,17,18)/t11-/m0/s1. The van der Waals surface area contributed by atoms with Crippen molar-refractivity contribution < 1.29 is 18.7 Å². The van der Waals surface area contributed by atoms with Gasteiger partial charge >= 0.3 is 5.97 Å². The van der Waals surface area contributed by atoms with E-state index in [1.807, 2.05) is 44.2 Å². The first kappa shape index (κ1) is 15.1. The molecule has 112 valence electrons. The Balaban J connectivity index is 1.90. The van der Waals surface area contributed by atoms with Gasteiger partial charge in [0.15, 0.2) is 6.61 Å². The molecule has 2 aromatic rings. The molecule has 0 fully saturated rings. The fourth-order valence-corrected chi connectivity index (χ4v) is 1.99. The van der Waals surface area contributed by atoms with E-state index in [1.165, 1.54) is 0 Å². The highest BCUT2D eigenvalue weighted by Crippen LogP contribution is 2.23. The first-order valence-corrected chi connectivity index (χ1v) is 7.03. The van der Waals surface area contributed by atoms with Gasteiger partial charge in [0.2, 0.25) is 0 Å². The number of rotatable bonds is 6. The largest absolute Gasteiger partial charge is 0.459 e. The highest BCUT2D eigenvalue weighted by molar-refractivity contribution is 5.81. The van der Waals surface area contributed by atoms with Crippen molar-refractivity contribution in [1.29, 1.82) is 0 Å². The molecule has 0 saturated heterocycles. The smallest absolute Gasteiger partial charge is 0.306 e. The topological polar surface area (TPSA) is 68.5 Å². The summed E-state index contributed by atoms with van der Waals surface area (Å²) in [4.78, 5) is 22.9. The summed E-state index contributed by atoms with van der Waals surface area (Å²) in [5.41, 5.74) is 0.781. The predicted molar refractivity (Wildman–Crippen MR) is 78.6 cm³/mol. The van der Waals surface area contributed by atoms with E-state index in [0.717, 1.165) is 11.0 Å². The summed E-state index contributed by atoms with van der Waals surface area (Å²) in [6, 6.07) is 9.26. The van der Waals surface area contributed by atoms with Gasteiger partial charge in [0.25, 0.3) is 5.91 Å². The Morgan fingerprint density at radius 1 is 1.33 bits per heavy atom. The molecule has 0 aliphatic carbocycles. The summed E-state index contributed by atoms with van der Waals surface area (Å²) in [7, 11) is 0. The summed E-state index contributed by atoms with van der Waals surface area (Å²) < 4.78 is 10.5. The van der Waals surface area contributed by atoms with Gasteiger partial charge in [0, 0.05) is 11.8 Å². The average Bonchev–Trinajstić information content (AvgIpc) is 2.89. The first-order chi connectivity index (χ1) is 10.1. The van der Waals surface area contributed by atoms with Crippen molar-refractivity contribution in [1.82, 2.24) is 5.32 Å². The monoisotopic (exact) mass is 289 g/mol. The zero-order valence-electron chi connectivity index (χ0n) is 12.2. The van der Waals surface area contributed by atoms with Gasteiger partial charge in [-0.15, -0.1) is 0 Å². The SMILES string of the molecule is CCCC(=O)OCC(=O)N[C@@H](C)c1cc2ccccc2o1. The van der Waals surface area contributed by atoms with Crippen molar-refractivity contribution in [2.75, 3.05) is 6.61 Å². The maximum absolute atomic E-state index is 11.7. The van der Waals surface area contributed by atoms with Crippen LogP contribution in [0.2, 0.25) is 0 Å². The second-order valence-corrected chi connectivity index (χ2v) is 4.89. The Bertz CT molecular complexity index is 599. The molecule has 0 aliphatic rings. The Kier molecular flexibility index (Phi) is 4.98. The van der Waals surface area contributed by atoms with E-state index in [1.54, 1.807) is 0 Å². The minimum Gasteiger partial charge on any atom is -0.459 e. The third-order valence-corrected chi connectivity index (χ3v) is 3.07. The van der Waals surface area contributed by atoms with Crippen LogP contribution in [0.15, 0.2) is 34.7 Å². The van der Waals surface area contributed by atoms with E-state index >= 15 is 0 Å². The van der Waals surface area contributed by atoms with Crippen LogP contribution in [0.25, 0.3) is 11.0 Å². The number of hydrogen-bond donors (Lipinski definition) is 1. The number of ether oxygens (including phenoxy) is 1. The van der Waals surface area contributed by atoms with Gasteiger partial charge in [-0.05, 0) is 25.5 Å². The molecule has 1 aromatic carbocycles. The lowest BCUT2D eigenvalue weighted by molar-refractivity contribution is -0.148. The first-order valence-electron chi connectivity index (χ1n) is 7.03. The number of benzene rings is 1. The fourth-order valence-electron chi connectivity index (χ4n) is 1.99. The second kappa shape index (κ2) is 6.92. The molecule has 1 N–H and O–H groups in total. The minimum absolute atomic E-state index is 0.261. The van der Waals surface area contributed by atoms with Crippen molar-refractivity contribution in [3.05, 3.63) is 36.1 Å². The number of para-hydroxylation sites is 1. The lowest BCUT2D eigenvalue weighted by Crippen LogP contribution is -2.30. The summed E-state index contributed by atoms with van der Waals surface area (Å²) in [5.74, 6) is -0.0270. The molecule has 1 heterocycles. The minimum atomic E-state index is -0.357. The summed E-state index contributed by atoms with van der Waals surface area (Å²) in [5, 5.41) is 3.73. The molecule has 0 bridgehead atoms. The second-order valence-electron chi connectivity index (χ2n) is 4.89. The van der Waals surface area contributed by atoms with Crippen molar-refractivity contribution in [3.63, 3.8) is 0 Å². The third kappa shape index (κ3) is 4.08. The zero-order chi connectivity index (χ0) is 15.2. The summed E-state index contributed by atoms with van der Waals surface area (Å²) in [6.45, 7) is 3.44. The number of fused-ring (bicyclic) bond motifs is 1. The lowest BCUT2D eigenvalue weighted by Gasteiger charge is -2.11. The Morgan fingerprint density at radius 3 is 2.81 bits per heavy atom. The maximum atomic E-state index is 11.7. The zero-order valence-corrected chi connectivity index (χ0v) is 12.2. The van der Waals surface area contributed by atoms with Crippen LogP contribution in [-0.4, -0.2) is 18.5 Å². The van der Waals surface area contributed by atoms with Crippen LogP contribution in [0.3, 0.4) is 0 Å². The van der Waals surface area contributed by atoms with E-state index in [0.29, 0.717) is 18.6 Å². The van der Waals surface area contributed by atoms with Crippen LogP contribution in [0.1, 0.15) is 38.5 Å². The third-order valence-electron chi connectivity index (χ3n) is 3.07. The normalized spacial score (nSPS) is 12.1. The number of hydrogen-bond acceptors (Lipinski definition) is 4. The lowest BCUT2D eigenvalue weighted by atomic mass is 10.2. The molecule has 2 rings (SSSR count). The van der Waals surface area contributed by atoms with Crippen molar-refractivity contribution >= 4 is 22.8 Å². The molecule has 0 radical (unpaired) electrons. The molecule has 1 atom stereocenters. The van der Waals surface area contributed by atoms with Crippen LogP contribution < -0.4 is 5.32 Å². The molecule has 21 heavy (non-hydrogen) atoms. The molecule has 1 aromatic heterocycles. The Morgan fingerprint density at radius 2 is 2.10 bits per heavy atom. The van der Waals surface area contributed by atoms with Gasteiger partial charge in [0.05, 0.1) is 6.04 Å². The molecule has 5 nitrogen and oxygen atoms in total. The van der Waals surface area contributed by atoms with Crippen LogP contribution in [0.4, 0.5) is 0 Å². The van der Waals surface area contributed by atoms with Gasteiger partial charge in [-0.3, -0.25) is 9.59 Å². The van der Waals surface area contributed by atoms with Crippen molar-refractivity contribution in [2.24, 2.45) is 0 Å². The van der Waals surface area contributed by atoms with Crippen LogP contribution in [0.5, 0.6) is 0 Å². The Labute approximate surface area is 123 Å². The summed E-state index contributed by atoms with van der Waals surface area (Å²) in [6.07, 6.45) is 1.03. The van der Waals surface area contributed by atoms with Crippen LogP contribution in [0, 0.1) is 0 Å². The number of nitrogens with one attached hydrogen (secondary N) is 1. The van der Waals surface area contributed by atoms with E-state index < -0.39 is 0 Å². The van der Waals surface area contributed by atoms with Crippen molar-refractivity contribution in [3.8, 4) is 0 Å². The highest BCUT2D eigenvalue weighted by atomic mass is 16.5. The van der Waals surface area contributed by atoms with Gasteiger partial charge in [-0.2, -0.15) is 0 Å². The maximum Gasteiger partial charge on any atom is 0.306 e. The number of esters is 1. The molecule has 0 unspecified atom stereocenters. The highest BCUT2D eigenvalue weighted by Gasteiger charge is 2.15. The number of amides is 1. The van der Waals surface area contributed by atoms with Gasteiger partial charge in [-0.25, -0.2) is 0 Å². The number of carbonyl (C=O) groups is 2. The molecular weight excluding hydrogens is 270 g/mol. The van der Waals surface area contributed by atoms with Gasteiger partial charge in [0.1, 0.15) is 11.3 Å². The molecule has 0 spiro atoms. The van der Waals surface area contributed by atoms with E-state index in [4.69, 9.17) is 9.15 Å². The Hall–Kier alpha value is -2.30. The predicted octanol–water partition coefficient (Wildman–Crippen LogP) is 2.95. The number of furan rings is 1. The molecule has 5 heteroatoms. The van der Waals surface area contributed by atoms with E-state index in [-0.39, 0.29) is 24.5 Å². The molecule has 0 saturated carbocycles. The molecule has 0 aliphatic heterocycles.